The molecule has 0 amide bonds. The topological polar surface area (TPSA) is 87.0 Å². The number of ketones is 1. The van der Waals surface area contributed by atoms with Crippen molar-refractivity contribution in [2.75, 3.05) is 0 Å². The highest BCUT2D eigenvalue weighted by Gasteiger charge is 2.33. The molecule has 3 aromatic carbocycles. The van der Waals surface area contributed by atoms with Crippen LogP contribution in [0.2, 0.25) is 0 Å². The van der Waals surface area contributed by atoms with Crippen molar-refractivity contribution in [2.24, 2.45) is 0 Å². The minimum absolute atomic E-state index is 0.0649. The number of fused-ring (bicyclic) bond motifs is 1. The smallest absolute Gasteiger partial charge is 0.174 e. The number of benzene rings is 3. The highest BCUT2D eigenvalue weighted by Crippen LogP contribution is 2.45. The highest BCUT2D eigenvalue weighted by atomic mass is 16.5. The molecule has 0 spiro atoms. The van der Waals surface area contributed by atoms with E-state index in [0.717, 1.165) is 11.1 Å². The van der Waals surface area contributed by atoms with E-state index >= 15 is 0 Å². The van der Waals surface area contributed by atoms with Gasteiger partial charge in [0.25, 0.3) is 0 Å². The number of hydrogen-bond donors (Lipinski definition) is 3. The Morgan fingerprint density at radius 2 is 1.69 bits per heavy atom. The van der Waals surface area contributed by atoms with E-state index in [9.17, 15) is 20.1 Å². The second-order valence-corrected chi connectivity index (χ2v) is 6.94. The summed E-state index contributed by atoms with van der Waals surface area (Å²) in [7, 11) is 0. The molecule has 5 nitrogen and oxygen atoms in total. The Hall–Kier alpha value is -3.73. The number of ether oxygens (including phenoxy) is 1. The molecule has 1 aliphatic rings. The Morgan fingerprint density at radius 1 is 0.966 bits per heavy atom. The van der Waals surface area contributed by atoms with E-state index in [1.807, 2.05) is 42.5 Å². The molecule has 0 aliphatic carbocycles. The van der Waals surface area contributed by atoms with Gasteiger partial charge in [-0.3, -0.25) is 4.79 Å². The maximum atomic E-state index is 12.7. The number of rotatable bonds is 4. The van der Waals surface area contributed by atoms with E-state index in [0.29, 0.717) is 12.0 Å². The number of Topliss-reactive ketones (excluding diaryl/α,β-unsaturated/α-hetero) is 1. The van der Waals surface area contributed by atoms with Gasteiger partial charge in [-0.15, -0.1) is 0 Å². The summed E-state index contributed by atoms with van der Waals surface area (Å²) in [6.45, 7) is 0. The normalized spacial score (nSPS) is 15.9. The molecule has 0 saturated heterocycles. The molecule has 1 atom stereocenters. The zero-order valence-corrected chi connectivity index (χ0v) is 15.6. The molecule has 3 aromatic rings. The average molecular weight is 388 g/mol. The molecule has 5 heteroatoms. The number of allylic oxidation sites excluding steroid dienone is 1. The molecular weight excluding hydrogens is 368 g/mol. The molecule has 3 N–H and O–H groups in total. The molecule has 1 unspecified atom stereocenters. The van der Waals surface area contributed by atoms with Crippen molar-refractivity contribution in [3.63, 3.8) is 0 Å². The summed E-state index contributed by atoms with van der Waals surface area (Å²) in [5, 5.41) is 30.1. The van der Waals surface area contributed by atoms with Crippen LogP contribution in [0.25, 0.3) is 6.08 Å². The van der Waals surface area contributed by atoms with Crippen LogP contribution in [0.15, 0.2) is 66.7 Å². The van der Waals surface area contributed by atoms with Crippen LogP contribution in [0.3, 0.4) is 0 Å². The SMILES string of the molecule is O=C1CC(c2ccc(O)cc2)Oc2c(CC=Cc3ccccc3)c(O)cc(O)c21. The van der Waals surface area contributed by atoms with Crippen LogP contribution in [0.1, 0.15) is 39.6 Å². The predicted molar refractivity (Wildman–Crippen MR) is 109 cm³/mol. The summed E-state index contributed by atoms with van der Waals surface area (Å²) in [5.74, 6) is -0.344. The van der Waals surface area contributed by atoms with Crippen molar-refractivity contribution in [2.45, 2.75) is 18.9 Å². The van der Waals surface area contributed by atoms with Gasteiger partial charge in [0.15, 0.2) is 5.78 Å². The molecule has 0 aromatic heterocycles. The number of hydrogen-bond acceptors (Lipinski definition) is 5. The van der Waals surface area contributed by atoms with E-state index in [-0.39, 0.29) is 40.8 Å². The lowest BCUT2D eigenvalue weighted by molar-refractivity contribution is 0.0842. The van der Waals surface area contributed by atoms with Gasteiger partial charge in [-0.05, 0) is 29.7 Å². The molecule has 1 aliphatic heterocycles. The Morgan fingerprint density at radius 3 is 2.41 bits per heavy atom. The first-order chi connectivity index (χ1) is 14.0. The van der Waals surface area contributed by atoms with Crippen LogP contribution in [-0.4, -0.2) is 21.1 Å². The highest BCUT2D eigenvalue weighted by molar-refractivity contribution is 6.03. The number of carbonyl (C=O) groups excluding carboxylic acids is 1. The molecular formula is C24H20O5. The van der Waals surface area contributed by atoms with Gasteiger partial charge in [0.05, 0.1) is 6.42 Å². The summed E-state index contributed by atoms with van der Waals surface area (Å²) in [4.78, 5) is 12.7. The van der Waals surface area contributed by atoms with Crippen molar-refractivity contribution in [3.8, 4) is 23.0 Å². The summed E-state index contributed by atoms with van der Waals surface area (Å²) < 4.78 is 6.07. The summed E-state index contributed by atoms with van der Waals surface area (Å²) in [5.41, 5.74) is 2.29. The minimum atomic E-state index is -0.561. The second-order valence-electron chi connectivity index (χ2n) is 6.94. The van der Waals surface area contributed by atoms with Gasteiger partial charge >= 0.3 is 0 Å². The first-order valence-electron chi connectivity index (χ1n) is 9.31. The third-order valence-corrected chi connectivity index (χ3v) is 4.95. The third kappa shape index (κ3) is 3.80. The van der Waals surface area contributed by atoms with Crippen LogP contribution in [-0.2, 0) is 6.42 Å². The molecule has 1 heterocycles. The zero-order valence-electron chi connectivity index (χ0n) is 15.6. The Labute approximate surface area is 168 Å². The van der Waals surface area contributed by atoms with Gasteiger partial charge in [-0.2, -0.15) is 0 Å². The largest absolute Gasteiger partial charge is 0.508 e. The van der Waals surface area contributed by atoms with Crippen molar-refractivity contribution in [1.29, 1.82) is 0 Å². The van der Waals surface area contributed by atoms with Crippen molar-refractivity contribution in [3.05, 3.63) is 89.0 Å². The standard InChI is InChI=1S/C24H20O5/c25-17-11-9-16(10-12-17)22-14-21(28)23-20(27)13-19(26)18(24(23)29-22)8-4-7-15-5-2-1-3-6-15/h1-7,9-13,22,25-27H,8,14H2. The summed E-state index contributed by atoms with van der Waals surface area (Å²) in [6, 6.07) is 17.4. The molecule has 0 saturated carbocycles. The fourth-order valence-corrected chi connectivity index (χ4v) is 3.48. The van der Waals surface area contributed by atoms with E-state index in [1.54, 1.807) is 12.1 Å². The first kappa shape index (κ1) is 18.6. The Bertz CT molecular complexity index is 1070. The Kier molecular flexibility index (Phi) is 4.96. The third-order valence-electron chi connectivity index (χ3n) is 4.95. The predicted octanol–water partition coefficient (Wildman–Crippen LogP) is 4.77. The zero-order chi connectivity index (χ0) is 20.4. The van der Waals surface area contributed by atoms with Crippen LogP contribution in [0, 0.1) is 0 Å². The molecule has 146 valence electrons. The lowest BCUT2D eigenvalue weighted by atomic mass is 9.92. The van der Waals surface area contributed by atoms with Crippen LogP contribution >= 0.6 is 0 Å². The van der Waals surface area contributed by atoms with Gasteiger partial charge < -0.3 is 20.1 Å². The van der Waals surface area contributed by atoms with Crippen molar-refractivity contribution >= 4 is 11.9 Å². The van der Waals surface area contributed by atoms with E-state index in [2.05, 4.69) is 0 Å². The van der Waals surface area contributed by atoms with Gasteiger partial charge in [-0.1, -0.05) is 54.6 Å². The van der Waals surface area contributed by atoms with Crippen LogP contribution in [0.4, 0.5) is 0 Å². The number of phenols is 3. The van der Waals surface area contributed by atoms with Gasteiger partial charge in [0, 0.05) is 11.6 Å². The summed E-state index contributed by atoms with van der Waals surface area (Å²) in [6.07, 6.45) is 3.63. The van der Waals surface area contributed by atoms with E-state index < -0.39 is 6.10 Å². The minimum Gasteiger partial charge on any atom is -0.508 e. The van der Waals surface area contributed by atoms with Crippen molar-refractivity contribution in [1.82, 2.24) is 0 Å². The fraction of sp³-hybridized carbons (Fsp3) is 0.125. The van der Waals surface area contributed by atoms with Crippen molar-refractivity contribution < 1.29 is 24.9 Å². The average Bonchev–Trinajstić information content (AvgIpc) is 2.71. The quantitative estimate of drug-likeness (QED) is 0.600. The van der Waals surface area contributed by atoms with Crippen LogP contribution in [0.5, 0.6) is 23.0 Å². The van der Waals surface area contributed by atoms with Gasteiger partial charge in [-0.25, -0.2) is 0 Å². The van der Waals surface area contributed by atoms with Gasteiger partial charge in [0.1, 0.15) is 34.7 Å². The van der Waals surface area contributed by atoms with Crippen LogP contribution < -0.4 is 4.74 Å². The van der Waals surface area contributed by atoms with Gasteiger partial charge in [0.2, 0.25) is 0 Å². The lowest BCUT2D eigenvalue weighted by Gasteiger charge is -2.28. The summed E-state index contributed by atoms with van der Waals surface area (Å²) >= 11 is 0. The maximum absolute atomic E-state index is 12.7. The number of aromatic hydroxyl groups is 3. The fourth-order valence-electron chi connectivity index (χ4n) is 3.48. The molecule has 0 radical (unpaired) electrons. The van der Waals surface area contributed by atoms with E-state index in [1.165, 1.54) is 18.2 Å². The first-order valence-corrected chi connectivity index (χ1v) is 9.31. The molecule has 4 rings (SSSR count). The molecule has 29 heavy (non-hydrogen) atoms. The maximum Gasteiger partial charge on any atom is 0.174 e. The lowest BCUT2D eigenvalue weighted by Crippen LogP contribution is -2.21. The molecule has 0 bridgehead atoms. The monoisotopic (exact) mass is 388 g/mol. The second kappa shape index (κ2) is 7.72. The number of phenolic OH excluding ortho intramolecular Hbond substituents is 3. The number of carbonyl (C=O) groups is 1. The Balaban J connectivity index is 1.69. The molecule has 0 fully saturated rings. The van der Waals surface area contributed by atoms with E-state index in [4.69, 9.17) is 4.74 Å².